The molecule has 0 fully saturated rings. The summed E-state index contributed by atoms with van der Waals surface area (Å²) in [5, 5.41) is -0.0849. The van der Waals surface area contributed by atoms with Crippen LogP contribution in [-0.4, -0.2) is 14.7 Å². The first-order valence-corrected chi connectivity index (χ1v) is 14.7. The fraction of sp³-hybridized carbons (Fsp3) is 0.433. The summed E-state index contributed by atoms with van der Waals surface area (Å²) < 4.78 is 76.7. The summed E-state index contributed by atoms with van der Waals surface area (Å²) in [5.74, 6) is -0.609. The van der Waals surface area contributed by atoms with Crippen molar-refractivity contribution in [2.24, 2.45) is 0 Å². The molecule has 0 spiro atoms. The van der Waals surface area contributed by atoms with Gasteiger partial charge in [-0.3, -0.25) is 4.98 Å². The molecule has 0 saturated carbocycles. The van der Waals surface area contributed by atoms with Crippen molar-refractivity contribution in [1.29, 1.82) is 0 Å². The van der Waals surface area contributed by atoms with Crippen LogP contribution in [0.3, 0.4) is 0 Å². The molecule has 1 aliphatic carbocycles. The minimum Gasteiger partial charge on any atom is -0.410 e. The second kappa shape index (κ2) is 11.4. The minimum absolute atomic E-state index is 0.0831. The lowest BCUT2D eigenvalue weighted by atomic mass is 9.80. The Balaban J connectivity index is 2.00. The van der Waals surface area contributed by atoms with E-state index in [1.165, 1.54) is 24.3 Å². The van der Waals surface area contributed by atoms with Gasteiger partial charge in [-0.25, -0.2) is 8.78 Å². The Morgan fingerprint density at radius 3 is 2.13 bits per heavy atom. The maximum absolute atomic E-state index is 16.7. The smallest absolute Gasteiger partial charge is 0.410 e. The van der Waals surface area contributed by atoms with Crippen LogP contribution in [0.1, 0.15) is 104 Å². The first-order valence-electron chi connectivity index (χ1n) is 12.9. The monoisotopic (exact) mass is 623 g/mol. The third-order valence-corrected chi connectivity index (χ3v) is 8.51. The van der Waals surface area contributed by atoms with Gasteiger partial charge < -0.3 is 4.43 Å². The zero-order chi connectivity index (χ0) is 28.7. The normalized spacial score (nSPS) is 18.8. The second-order valence-electron chi connectivity index (χ2n) is 11.2. The highest BCUT2D eigenvalue weighted by Gasteiger charge is 2.37. The molecule has 9 heteroatoms. The van der Waals surface area contributed by atoms with E-state index in [2.05, 4.69) is 36.7 Å². The van der Waals surface area contributed by atoms with E-state index in [0.717, 1.165) is 29.8 Å². The fourth-order valence-corrected chi connectivity index (χ4v) is 6.14. The molecular formula is C30H31BrF5NOSi. The second-order valence-corrected chi connectivity index (χ2v) is 14.3. The van der Waals surface area contributed by atoms with Crippen molar-refractivity contribution < 1.29 is 26.4 Å². The van der Waals surface area contributed by atoms with Crippen LogP contribution in [0.25, 0.3) is 11.1 Å². The number of hydrogen-bond donors (Lipinski definition) is 0. The zero-order valence-corrected chi connectivity index (χ0v) is 25.1. The SMILES string of the molecule is CC(C)c1nc2c(c(-c3ccc(F)cc3)c1C(F)c1ccc(C(F)(F)F)cc1)C(O[Si]C(C)(C)C)CCC2Br. The lowest BCUT2D eigenvalue weighted by molar-refractivity contribution is -0.137. The molecule has 3 aromatic rings. The molecule has 1 aromatic heterocycles. The number of halogens is 6. The van der Waals surface area contributed by atoms with Crippen LogP contribution in [-0.2, 0) is 10.6 Å². The van der Waals surface area contributed by atoms with E-state index in [1.54, 1.807) is 12.1 Å². The highest BCUT2D eigenvalue weighted by Crippen LogP contribution is 2.51. The maximum atomic E-state index is 16.7. The van der Waals surface area contributed by atoms with Gasteiger partial charge in [0.05, 0.1) is 27.9 Å². The Labute approximate surface area is 237 Å². The van der Waals surface area contributed by atoms with Crippen LogP contribution in [0.2, 0.25) is 5.04 Å². The number of aromatic nitrogens is 1. The Kier molecular flexibility index (Phi) is 8.74. The van der Waals surface area contributed by atoms with Gasteiger partial charge >= 0.3 is 6.18 Å². The standard InChI is InChI=1S/C30H31BrF5NOSi/c1-16(2)27-25(26(33)18-6-10-19(11-7-18)30(34,35)36)23(17-8-12-20(32)13-9-17)24-22(38-39-29(3,4)5)15-14-21(31)28(24)37-27/h6-13,16,21-22,26H,14-15H2,1-5H3. The molecule has 0 N–H and O–H groups in total. The van der Waals surface area contributed by atoms with Crippen LogP contribution in [0.15, 0.2) is 48.5 Å². The number of alkyl halides is 5. The molecular weight excluding hydrogens is 593 g/mol. The van der Waals surface area contributed by atoms with Crippen LogP contribution < -0.4 is 0 Å². The van der Waals surface area contributed by atoms with Gasteiger partial charge in [0, 0.05) is 11.1 Å². The van der Waals surface area contributed by atoms with Crippen molar-refractivity contribution in [3.05, 3.63) is 88.0 Å². The van der Waals surface area contributed by atoms with E-state index in [1.807, 2.05) is 13.8 Å². The first kappa shape index (κ1) is 29.9. The third kappa shape index (κ3) is 6.63. The maximum Gasteiger partial charge on any atom is 0.416 e. The molecule has 208 valence electrons. The number of benzene rings is 2. The van der Waals surface area contributed by atoms with Crippen LogP contribution in [0.5, 0.6) is 0 Å². The first-order chi connectivity index (χ1) is 18.2. The molecule has 4 rings (SSSR count). The molecule has 0 aliphatic heterocycles. The molecule has 1 heterocycles. The molecule has 1 aliphatic rings. The van der Waals surface area contributed by atoms with Crippen molar-refractivity contribution in [3.8, 4) is 11.1 Å². The summed E-state index contributed by atoms with van der Waals surface area (Å²) in [7, 11) is 0.175. The summed E-state index contributed by atoms with van der Waals surface area (Å²) in [4.78, 5) is 4.89. The van der Waals surface area contributed by atoms with E-state index in [-0.39, 0.29) is 42.8 Å². The number of nitrogens with zero attached hydrogens (tertiary/aromatic N) is 1. The quantitative estimate of drug-likeness (QED) is 0.155. The van der Waals surface area contributed by atoms with E-state index in [4.69, 9.17) is 9.41 Å². The predicted molar refractivity (Wildman–Crippen MR) is 148 cm³/mol. The van der Waals surface area contributed by atoms with Gasteiger partial charge in [0.2, 0.25) is 9.76 Å². The minimum atomic E-state index is -4.52. The van der Waals surface area contributed by atoms with Gasteiger partial charge in [0.15, 0.2) is 6.17 Å². The number of fused-ring (bicyclic) bond motifs is 1. The number of hydrogen-bond acceptors (Lipinski definition) is 2. The average Bonchev–Trinajstić information content (AvgIpc) is 2.86. The van der Waals surface area contributed by atoms with Gasteiger partial charge in [-0.2, -0.15) is 13.2 Å². The molecule has 0 amide bonds. The van der Waals surface area contributed by atoms with Crippen molar-refractivity contribution in [2.45, 2.75) is 81.7 Å². The molecule has 2 aromatic carbocycles. The molecule has 39 heavy (non-hydrogen) atoms. The van der Waals surface area contributed by atoms with Gasteiger partial charge in [0.25, 0.3) is 0 Å². The Hall–Kier alpha value is -2.10. The Morgan fingerprint density at radius 1 is 0.974 bits per heavy atom. The topological polar surface area (TPSA) is 22.1 Å². The van der Waals surface area contributed by atoms with Gasteiger partial charge in [-0.1, -0.05) is 74.8 Å². The largest absolute Gasteiger partial charge is 0.416 e. The molecule has 3 unspecified atom stereocenters. The fourth-order valence-electron chi connectivity index (χ4n) is 4.79. The van der Waals surface area contributed by atoms with Crippen molar-refractivity contribution in [2.75, 3.05) is 0 Å². The van der Waals surface area contributed by atoms with Gasteiger partial charge in [-0.05, 0) is 64.8 Å². The predicted octanol–water partition coefficient (Wildman–Crippen LogP) is 10.2. The van der Waals surface area contributed by atoms with Crippen LogP contribution in [0, 0.1) is 5.82 Å². The Morgan fingerprint density at radius 2 is 1.59 bits per heavy atom. The summed E-state index contributed by atoms with van der Waals surface area (Å²) in [6, 6.07) is 10.0. The average molecular weight is 625 g/mol. The summed E-state index contributed by atoms with van der Waals surface area (Å²) in [6.07, 6.45) is -5.19. The van der Waals surface area contributed by atoms with E-state index in [9.17, 15) is 17.6 Å². The third-order valence-electron chi connectivity index (χ3n) is 6.60. The summed E-state index contributed by atoms with van der Waals surface area (Å²) >= 11 is 3.76. The lowest BCUT2D eigenvalue weighted by Gasteiger charge is -2.35. The van der Waals surface area contributed by atoms with Gasteiger partial charge in [-0.15, -0.1) is 0 Å². The van der Waals surface area contributed by atoms with Crippen molar-refractivity contribution in [1.82, 2.24) is 4.98 Å². The summed E-state index contributed by atoms with van der Waals surface area (Å²) in [5.41, 5.74) is 2.74. The number of pyridine rings is 1. The van der Waals surface area contributed by atoms with E-state index >= 15 is 4.39 Å². The summed E-state index contributed by atoms with van der Waals surface area (Å²) in [6.45, 7) is 10.1. The van der Waals surface area contributed by atoms with Crippen molar-refractivity contribution in [3.63, 3.8) is 0 Å². The Bertz CT molecular complexity index is 1300. The molecule has 3 atom stereocenters. The zero-order valence-electron chi connectivity index (χ0n) is 22.5. The van der Waals surface area contributed by atoms with Crippen LogP contribution >= 0.6 is 15.9 Å². The lowest BCUT2D eigenvalue weighted by Crippen LogP contribution is -2.24. The number of rotatable bonds is 6. The highest BCUT2D eigenvalue weighted by atomic mass is 79.9. The van der Waals surface area contributed by atoms with E-state index < -0.39 is 23.7 Å². The molecule has 2 nitrogen and oxygen atoms in total. The molecule has 0 saturated heterocycles. The van der Waals surface area contributed by atoms with Crippen molar-refractivity contribution >= 4 is 25.7 Å². The van der Waals surface area contributed by atoms with E-state index in [0.29, 0.717) is 23.2 Å². The van der Waals surface area contributed by atoms with Crippen LogP contribution in [0.4, 0.5) is 22.0 Å². The molecule has 0 bridgehead atoms. The van der Waals surface area contributed by atoms with Gasteiger partial charge in [0.1, 0.15) is 5.82 Å². The molecule has 2 radical (unpaired) electrons. The highest BCUT2D eigenvalue weighted by molar-refractivity contribution is 9.09.